The molecule has 0 saturated heterocycles. The third kappa shape index (κ3) is 6.07. The minimum Gasteiger partial charge on any atom is -0.479 e. The molecule has 1 N–H and O–H groups in total. The molecular weight excluding hydrogens is 374 g/mol. The third-order valence-electron chi connectivity index (χ3n) is 2.83. The zero-order chi connectivity index (χ0) is 17.9. The molecule has 1 heterocycles. The van der Waals surface area contributed by atoms with Crippen LogP contribution in [0.1, 0.15) is 12.5 Å². The number of nitrogens with zero attached hydrogens (tertiary/aromatic N) is 1. The first-order valence-corrected chi connectivity index (χ1v) is 6.94. The Morgan fingerprint density at radius 1 is 1.24 bits per heavy atom. The fourth-order valence-electron chi connectivity index (χ4n) is 1.61. The topological polar surface area (TPSA) is 68.7 Å². The maximum absolute atomic E-state index is 12.5. The number of carboxylic acid groups (broad SMARTS) is 1. The van der Waals surface area contributed by atoms with E-state index >= 15 is 0 Å². The number of hydrogen-bond donors (Lipinski definition) is 1. The molecule has 10 heteroatoms. The number of ether oxygens (including phenoxy) is 2. The summed E-state index contributed by atoms with van der Waals surface area (Å²) in [5.41, 5.74) is -0.980. The maximum Gasteiger partial charge on any atom is 0.417 e. The van der Waals surface area contributed by atoms with Crippen LogP contribution >= 0.6 is 11.6 Å². The molecule has 0 aliphatic carbocycles. The van der Waals surface area contributed by atoms with Gasteiger partial charge in [0, 0.05) is 35.8 Å². The number of pyridine rings is 1. The number of hydrogen-bond acceptors (Lipinski definition) is 4. The number of carbonyl (C=O) groups is 1. The monoisotopic (exact) mass is 384 g/mol. The number of aliphatic carboxylic acids is 1. The Hall–Kier alpha value is -1.48. The van der Waals surface area contributed by atoms with Gasteiger partial charge < -0.3 is 14.6 Å². The number of carboxylic acids is 1. The van der Waals surface area contributed by atoms with E-state index in [-0.39, 0.29) is 46.2 Å². The second kappa shape index (κ2) is 8.75. The average Bonchev–Trinajstić information content (AvgIpc) is 2.50. The molecule has 25 heavy (non-hydrogen) atoms. The van der Waals surface area contributed by atoms with Gasteiger partial charge in [0.15, 0.2) is 6.10 Å². The molecule has 0 spiro atoms. The van der Waals surface area contributed by atoms with Gasteiger partial charge in [-0.25, -0.2) is 9.78 Å². The third-order valence-corrected chi connectivity index (χ3v) is 3.10. The van der Waals surface area contributed by atoms with Crippen molar-refractivity contribution >= 4 is 47.1 Å². The van der Waals surface area contributed by atoms with Crippen LogP contribution in [0.15, 0.2) is 36.5 Å². The normalized spacial score (nSPS) is 12.0. The van der Waals surface area contributed by atoms with Crippen LogP contribution in [0.3, 0.4) is 0 Å². The second-order valence-corrected chi connectivity index (χ2v) is 5.09. The molecule has 5 nitrogen and oxygen atoms in total. The predicted molar refractivity (Wildman–Crippen MR) is 84.2 cm³/mol. The van der Waals surface area contributed by atoms with Crippen molar-refractivity contribution in [2.45, 2.75) is 19.2 Å². The van der Waals surface area contributed by atoms with E-state index in [9.17, 15) is 18.0 Å². The summed E-state index contributed by atoms with van der Waals surface area (Å²) in [7, 11) is 0. The fourth-order valence-corrected chi connectivity index (χ4v) is 1.81. The quantitative estimate of drug-likeness (QED) is 0.789. The predicted octanol–water partition coefficient (Wildman–Crippen LogP) is 4.02. The first kappa shape index (κ1) is 21.6. The zero-order valence-electron chi connectivity index (χ0n) is 13.2. The van der Waals surface area contributed by atoms with Crippen LogP contribution in [0.25, 0.3) is 0 Å². The van der Waals surface area contributed by atoms with Gasteiger partial charge in [-0.1, -0.05) is 11.6 Å². The van der Waals surface area contributed by atoms with Gasteiger partial charge in [-0.15, -0.1) is 0 Å². The van der Waals surface area contributed by atoms with Gasteiger partial charge in [-0.2, -0.15) is 13.2 Å². The van der Waals surface area contributed by atoms with Crippen molar-refractivity contribution in [1.29, 1.82) is 0 Å². The average molecular weight is 385 g/mol. The molecular formula is C15H11ClF3NNaO4. The molecule has 0 fully saturated rings. The summed E-state index contributed by atoms with van der Waals surface area (Å²) in [5.74, 6) is -0.753. The Labute approximate surface area is 168 Å². The van der Waals surface area contributed by atoms with Gasteiger partial charge >= 0.3 is 12.1 Å². The van der Waals surface area contributed by atoms with E-state index in [0.717, 1.165) is 6.07 Å². The van der Waals surface area contributed by atoms with Crippen molar-refractivity contribution in [3.8, 4) is 17.4 Å². The molecule has 2 rings (SSSR count). The van der Waals surface area contributed by atoms with Gasteiger partial charge in [0.1, 0.15) is 16.5 Å². The summed E-state index contributed by atoms with van der Waals surface area (Å²) in [5, 5.41) is 8.46. The van der Waals surface area contributed by atoms with Crippen molar-refractivity contribution in [2.75, 3.05) is 0 Å². The molecule has 1 aromatic heterocycles. The van der Waals surface area contributed by atoms with Crippen LogP contribution < -0.4 is 9.47 Å². The van der Waals surface area contributed by atoms with Gasteiger partial charge in [-0.05, 0) is 37.3 Å². The van der Waals surface area contributed by atoms with Crippen molar-refractivity contribution in [3.05, 3.63) is 47.1 Å². The smallest absolute Gasteiger partial charge is 0.417 e. The van der Waals surface area contributed by atoms with Gasteiger partial charge in [0.2, 0.25) is 5.88 Å². The molecule has 1 atom stereocenters. The van der Waals surface area contributed by atoms with Gasteiger partial charge in [0.25, 0.3) is 0 Å². The maximum atomic E-state index is 12.5. The molecule has 0 bridgehead atoms. The van der Waals surface area contributed by atoms with Crippen molar-refractivity contribution in [3.63, 3.8) is 0 Å². The standard InChI is InChI=1S/C15H11ClF3NO4.Na/c1-8(14(21)22)23-10-2-4-11(5-3-10)24-13-12(16)6-9(7-20-13)15(17,18)19;/h2-8H,1H3,(H,21,22);. The van der Waals surface area contributed by atoms with Crippen LogP contribution in [-0.4, -0.2) is 51.7 Å². The minimum atomic E-state index is -4.55. The van der Waals surface area contributed by atoms with E-state index in [0.29, 0.717) is 11.9 Å². The van der Waals surface area contributed by atoms with Crippen LogP contribution in [0.2, 0.25) is 5.02 Å². The molecule has 0 saturated carbocycles. The number of aromatic nitrogens is 1. The molecule has 0 amide bonds. The van der Waals surface area contributed by atoms with Gasteiger partial charge in [-0.3, -0.25) is 0 Å². The summed E-state index contributed by atoms with van der Waals surface area (Å²) < 4.78 is 48.0. The molecule has 1 unspecified atom stereocenters. The van der Waals surface area contributed by atoms with Crippen LogP contribution in [-0.2, 0) is 11.0 Å². The molecule has 0 aliphatic rings. The van der Waals surface area contributed by atoms with Crippen LogP contribution in [0, 0.1) is 0 Å². The fraction of sp³-hybridized carbons (Fsp3) is 0.200. The van der Waals surface area contributed by atoms with Crippen molar-refractivity contribution < 1.29 is 32.5 Å². The number of alkyl halides is 3. The summed E-state index contributed by atoms with van der Waals surface area (Å²) in [4.78, 5) is 14.2. The van der Waals surface area contributed by atoms with E-state index in [4.69, 9.17) is 26.2 Å². The largest absolute Gasteiger partial charge is 0.479 e. The van der Waals surface area contributed by atoms with Gasteiger partial charge in [0.05, 0.1) is 5.56 Å². The number of rotatable bonds is 5. The van der Waals surface area contributed by atoms with Crippen molar-refractivity contribution in [2.24, 2.45) is 0 Å². The SMILES string of the molecule is CC(Oc1ccc(Oc2ncc(C(F)(F)F)cc2Cl)cc1)C(=O)O.[Na]. The Morgan fingerprint density at radius 2 is 1.80 bits per heavy atom. The van der Waals surface area contributed by atoms with E-state index < -0.39 is 23.8 Å². The second-order valence-electron chi connectivity index (χ2n) is 4.68. The van der Waals surface area contributed by atoms with E-state index in [1.807, 2.05) is 0 Å². The Balaban J connectivity index is 0.00000312. The molecule has 0 aliphatic heterocycles. The van der Waals surface area contributed by atoms with Crippen LogP contribution in [0.5, 0.6) is 17.4 Å². The first-order chi connectivity index (χ1) is 11.2. The Morgan fingerprint density at radius 3 is 2.28 bits per heavy atom. The summed E-state index contributed by atoms with van der Waals surface area (Å²) in [6.07, 6.45) is -4.95. The first-order valence-electron chi connectivity index (χ1n) is 6.57. The molecule has 1 radical (unpaired) electrons. The number of halogens is 4. The van der Waals surface area contributed by atoms with Crippen molar-refractivity contribution in [1.82, 2.24) is 4.98 Å². The van der Waals surface area contributed by atoms with E-state index in [1.165, 1.54) is 31.2 Å². The summed E-state index contributed by atoms with van der Waals surface area (Å²) in [6.45, 7) is 1.37. The van der Waals surface area contributed by atoms with Crippen LogP contribution in [0.4, 0.5) is 13.2 Å². The van der Waals surface area contributed by atoms with E-state index in [2.05, 4.69) is 4.98 Å². The molecule has 1 aromatic carbocycles. The molecule has 2 aromatic rings. The summed E-state index contributed by atoms with van der Waals surface area (Å²) in [6, 6.07) is 6.51. The molecule has 129 valence electrons. The Bertz CT molecular complexity index is 741. The van der Waals surface area contributed by atoms with E-state index in [1.54, 1.807) is 0 Å². The summed E-state index contributed by atoms with van der Waals surface area (Å²) >= 11 is 5.74. The Kier molecular flexibility index (Phi) is 7.55. The zero-order valence-corrected chi connectivity index (χ0v) is 15.9. The minimum absolute atomic E-state index is 0. The number of benzene rings is 1.